The average molecular weight is 409 g/mol. The monoisotopic (exact) mass is 408 g/mol. The van der Waals surface area contributed by atoms with Gasteiger partial charge in [0.1, 0.15) is 5.82 Å². The van der Waals surface area contributed by atoms with Crippen LogP contribution in [-0.2, 0) is 24.4 Å². The molecule has 3 aromatic rings. The zero-order valence-electron chi connectivity index (χ0n) is 17.2. The molecule has 0 bridgehead atoms. The number of nitrogens with zero attached hydrogens (tertiary/aromatic N) is 2. The minimum Gasteiger partial charge on any atom is -0.389 e. The van der Waals surface area contributed by atoms with Gasteiger partial charge in [-0.25, -0.2) is 4.39 Å². The summed E-state index contributed by atoms with van der Waals surface area (Å²) >= 11 is 0. The Morgan fingerprint density at radius 3 is 2.50 bits per heavy atom. The van der Waals surface area contributed by atoms with E-state index in [2.05, 4.69) is 34.2 Å². The van der Waals surface area contributed by atoms with Crippen LogP contribution in [0.3, 0.4) is 0 Å². The molecule has 0 aliphatic rings. The van der Waals surface area contributed by atoms with E-state index in [0.29, 0.717) is 26.2 Å². The highest BCUT2D eigenvalue weighted by Crippen LogP contribution is 2.14. The highest BCUT2D eigenvalue weighted by Gasteiger charge is 2.15. The molecule has 0 amide bonds. The molecular weight excluding hydrogens is 379 g/mol. The molecular formula is C25H29FN2O2. The van der Waals surface area contributed by atoms with E-state index in [1.165, 1.54) is 17.7 Å². The summed E-state index contributed by atoms with van der Waals surface area (Å²) in [6.45, 7) is 6.90. The molecule has 1 heterocycles. The van der Waals surface area contributed by atoms with Gasteiger partial charge < -0.3 is 14.4 Å². The van der Waals surface area contributed by atoms with Gasteiger partial charge in [-0.1, -0.05) is 48.5 Å². The number of benzene rings is 2. The zero-order chi connectivity index (χ0) is 21.2. The number of aromatic nitrogens is 1. The molecule has 0 saturated carbocycles. The fourth-order valence-corrected chi connectivity index (χ4v) is 3.43. The molecule has 0 aliphatic heterocycles. The Balaban J connectivity index is 1.69. The third kappa shape index (κ3) is 6.95. The highest BCUT2D eigenvalue weighted by molar-refractivity contribution is 5.19. The van der Waals surface area contributed by atoms with Crippen molar-refractivity contribution in [2.75, 3.05) is 19.8 Å². The van der Waals surface area contributed by atoms with Crippen LogP contribution in [0.5, 0.6) is 0 Å². The third-order valence-electron chi connectivity index (χ3n) is 4.84. The van der Waals surface area contributed by atoms with Crippen molar-refractivity contribution < 1.29 is 14.2 Å². The number of hydrogen-bond donors (Lipinski definition) is 1. The Kier molecular flexibility index (Phi) is 8.39. The van der Waals surface area contributed by atoms with Crippen molar-refractivity contribution in [2.45, 2.75) is 25.7 Å². The second-order valence-corrected chi connectivity index (χ2v) is 7.39. The quantitative estimate of drug-likeness (QED) is 0.360. The van der Waals surface area contributed by atoms with Crippen molar-refractivity contribution >= 4 is 0 Å². The van der Waals surface area contributed by atoms with Crippen LogP contribution in [0.2, 0.25) is 0 Å². The smallest absolute Gasteiger partial charge is 0.123 e. The summed E-state index contributed by atoms with van der Waals surface area (Å²) in [5.74, 6) is -0.229. The second kappa shape index (κ2) is 11.5. The first-order valence-corrected chi connectivity index (χ1v) is 10.2. The van der Waals surface area contributed by atoms with Crippen molar-refractivity contribution in [1.29, 1.82) is 0 Å². The van der Waals surface area contributed by atoms with Crippen molar-refractivity contribution in [1.82, 2.24) is 9.47 Å². The lowest BCUT2D eigenvalue weighted by atomic mass is 10.2. The van der Waals surface area contributed by atoms with Crippen molar-refractivity contribution in [3.63, 3.8) is 0 Å². The summed E-state index contributed by atoms with van der Waals surface area (Å²) in [6.07, 6.45) is 3.12. The second-order valence-electron chi connectivity index (χ2n) is 7.39. The number of rotatable bonds is 12. The van der Waals surface area contributed by atoms with Gasteiger partial charge in [0.05, 0.1) is 19.3 Å². The van der Waals surface area contributed by atoms with Gasteiger partial charge in [0.25, 0.3) is 0 Å². The number of aliphatic hydroxyl groups excluding tert-OH is 1. The van der Waals surface area contributed by atoms with E-state index in [4.69, 9.17) is 4.74 Å². The van der Waals surface area contributed by atoms with Crippen LogP contribution >= 0.6 is 0 Å². The fraction of sp³-hybridized carbons (Fsp3) is 0.280. The van der Waals surface area contributed by atoms with E-state index >= 15 is 0 Å². The molecule has 5 heteroatoms. The van der Waals surface area contributed by atoms with Gasteiger partial charge in [-0.15, -0.1) is 6.58 Å². The molecule has 0 unspecified atom stereocenters. The van der Waals surface area contributed by atoms with Gasteiger partial charge in [0.15, 0.2) is 0 Å². The Hall–Kier alpha value is -2.73. The first-order valence-electron chi connectivity index (χ1n) is 10.2. The maximum absolute atomic E-state index is 13.2. The molecule has 0 spiro atoms. The normalized spacial score (nSPS) is 12.2. The lowest BCUT2D eigenvalue weighted by molar-refractivity contribution is 0.0224. The molecule has 0 aliphatic carbocycles. The molecule has 0 fully saturated rings. The van der Waals surface area contributed by atoms with E-state index in [-0.39, 0.29) is 12.4 Å². The standard InChI is InChI=1S/C25H29FN2O2/c1-2-15-30-20-25(29)19-27(16-21-7-4-3-5-8-21)18-24-9-6-14-28(24)17-22-10-12-23(26)13-11-22/h2-14,25,29H,1,15-20H2/t25-/m0/s1. The molecule has 4 nitrogen and oxygen atoms in total. The first kappa shape index (κ1) is 22.0. The highest BCUT2D eigenvalue weighted by atomic mass is 19.1. The molecule has 2 aromatic carbocycles. The fourth-order valence-electron chi connectivity index (χ4n) is 3.43. The minimum atomic E-state index is -0.589. The maximum atomic E-state index is 13.2. The molecule has 30 heavy (non-hydrogen) atoms. The summed E-state index contributed by atoms with van der Waals surface area (Å²) in [5, 5.41) is 10.4. The van der Waals surface area contributed by atoms with E-state index in [9.17, 15) is 9.50 Å². The topological polar surface area (TPSA) is 37.6 Å². The molecule has 1 N–H and O–H groups in total. The van der Waals surface area contributed by atoms with Crippen LogP contribution in [0.25, 0.3) is 0 Å². The van der Waals surface area contributed by atoms with Crippen molar-refractivity contribution in [3.05, 3.63) is 108 Å². The van der Waals surface area contributed by atoms with Crippen LogP contribution in [0.4, 0.5) is 4.39 Å². The van der Waals surface area contributed by atoms with Gasteiger partial charge in [0.2, 0.25) is 0 Å². The van der Waals surface area contributed by atoms with Gasteiger partial charge >= 0.3 is 0 Å². The largest absolute Gasteiger partial charge is 0.389 e. The van der Waals surface area contributed by atoms with E-state index in [1.807, 2.05) is 42.6 Å². The molecule has 0 saturated heterocycles. The summed E-state index contributed by atoms with van der Waals surface area (Å²) in [5.41, 5.74) is 3.36. The molecule has 1 aromatic heterocycles. The van der Waals surface area contributed by atoms with Crippen LogP contribution in [0.1, 0.15) is 16.8 Å². The number of hydrogen-bond acceptors (Lipinski definition) is 3. The molecule has 0 radical (unpaired) electrons. The van der Waals surface area contributed by atoms with Crippen LogP contribution in [0, 0.1) is 5.82 Å². The molecule has 3 rings (SSSR count). The Morgan fingerprint density at radius 2 is 1.77 bits per heavy atom. The summed E-state index contributed by atoms with van der Waals surface area (Å²) < 4.78 is 20.8. The van der Waals surface area contributed by atoms with Crippen LogP contribution in [-0.4, -0.2) is 40.4 Å². The van der Waals surface area contributed by atoms with E-state index in [1.54, 1.807) is 6.08 Å². The van der Waals surface area contributed by atoms with Gasteiger partial charge in [-0.2, -0.15) is 0 Å². The summed E-state index contributed by atoms with van der Waals surface area (Å²) in [7, 11) is 0. The van der Waals surface area contributed by atoms with Gasteiger partial charge in [0, 0.05) is 38.1 Å². The molecule has 1 atom stereocenters. The van der Waals surface area contributed by atoms with Crippen LogP contribution in [0.15, 0.2) is 85.6 Å². The van der Waals surface area contributed by atoms with E-state index in [0.717, 1.165) is 17.8 Å². The van der Waals surface area contributed by atoms with Crippen LogP contribution < -0.4 is 0 Å². The first-order chi connectivity index (χ1) is 14.6. The third-order valence-corrected chi connectivity index (χ3v) is 4.84. The lowest BCUT2D eigenvalue weighted by Crippen LogP contribution is -2.35. The Morgan fingerprint density at radius 1 is 1.00 bits per heavy atom. The van der Waals surface area contributed by atoms with Gasteiger partial charge in [-0.3, -0.25) is 4.90 Å². The summed E-state index contributed by atoms with van der Waals surface area (Å²) in [6, 6.07) is 20.9. The number of aliphatic hydroxyl groups is 1. The Labute approximate surface area is 177 Å². The Bertz CT molecular complexity index is 893. The summed E-state index contributed by atoms with van der Waals surface area (Å²) in [4.78, 5) is 2.22. The SMILES string of the molecule is C=CCOC[C@@H](O)CN(Cc1ccccc1)Cc1cccn1Cc1ccc(F)cc1. The molecule has 158 valence electrons. The maximum Gasteiger partial charge on any atom is 0.123 e. The van der Waals surface area contributed by atoms with Gasteiger partial charge in [-0.05, 0) is 35.4 Å². The lowest BCUT2D eigenvalue weighted by Gasteiger charge is -2.26. The number of halogens is 1. The van der Waals surface area contributed by atoms with Crippen molar-refractivity contribution in [3.8, 4) is 0 Å². The van der Waals surface area contributed by atoms with Crippen molar-refractivity contribution in [2.24, 2.45) is 0 Å². The number of ether oxygens (including phenoxy) is 1. The predicted molar refractivity (Wildman–Crippen MR) is 118 cm³/mol. The predicted octanol–water partition coefficient (Wildman–Crippen LogP) is 4.24. The van der Waals surface area contributed by atoms with E-state index < -0.39 is 6.10 Å². The average Bonchev–Trinajstić information content (AvgIpc) is 3.17. The minimum absolute atomic E-state index is 0.229. The zero-order valence-corrected chi connectivity index (χ0v) is 17.2.